The number of nitrogens with zero attached hydrogens (tertiary/aromatic N) is 1. The Morgan fingerprint density at radius 3 is 2.76 bits per heavy atom. The molecule has 0 aliphatic carbocycles. The lowest BCUT2D eigenvalue weighted by atomic mass is 9.93. The molecule has 0 aliphatic heterocycles. The van der Waals surface area contributed by atoms with Crippen molar-refractivity contribution in [2.45, 2.75) is 29.9 Å². The second kappa shape index (κ2) is 9.43. The summed E-state index contributed by atoms with van der Waals surface area (Å²) in [5, 5.41) is 10.4. The number of carbonyl (C=O) groups is 1. The maximum atomic E-state index is 12.4. The fourth-order valence-electron chi connectivity index (χ4n) is 2.92. The van der Waals surface area contributed by atoms with E-state index in [0.717, 1.165) is 10.5 Å². The summed E-state index contributed by atoms with van der Waals surface area (Å²) in [4.78, 5) is 29.5. The van der Waals surface area contributed by atoms with Crippen molar-refractivity contribution in [1.29, 1.82) is 0 Å². The summed E-state index contributed by atoms with van der Waals surface area (Å²) in [6.07, 6.45) is 3.08. The fraction of sp³-hybridized carbons (Fsp3) is 0.227. The predicted octanol–water partition coefficient (Wildman–Crippen LogP) is 4.04. The number of benzene rings is 1. The first-order valence-corrected chi connectivity index (χ1v) is 9.99. The highest BCUT2D eigenvalue weighted by Crippen LogP contribution is 2.34. The maximum Gasteiger partial charge on any atom is 0.306 e. The predicted molar refractivity (Wildman–Crippen MR) is 110 cm³/mol. The van der Waals surface area contributed by atoms with Crippen molar-refractivity contribution in [3.05, 3.63) is 87.7 Å². The highest BCUT2D eigenvalue weighted by molar-refractivity contribution is 7.98. The summed E-state index contributed by atoms with van der Waals surface area (Å²) in [7, 11) is 1.29. The molecular weight excluding hydrogens is 390 g/mol. The van der Waals surface area contributed by atoms with Gasteiger partial charge in [0, 0.05) is 23.4 Å². The number of hydrogen-bond acceptors (Lipinski definition) is 7. The number of thioether (sulfide) groups is 1. The summed E-state index contributed by atoms with van der Waals surface area (Å²) in [6.45, 7) is 2.01. The van der Waals surface area contributed by atoms with Crippen molar-refractivity contribution < 1.29 is 19.1 Å². The Hall–Kier alpha value is -3.06. The Kier molecular flexibility index (Phi) is 6.72. The average molecular weight is 411 g/mol. The van der Waals surface area contributed by atoms with Crippen LogP contribution in [0.2, 0.25) is 0 Å². The topological polar surface area (TPSA) is 89.6 Å². The number of methoxy groups -OCH3 is 1. The number of rotatable bonds is 7. The molecule has 0 bridgehead atoms. The van der Waals surface area contributed by atoms with E-state index in [4.69, 9.17) is 9.15 Å². The minimum absolute atomic E-state index is 0.0382. The summed E-state index contributed by atoms with van der Waals surface area (Å²) < 4.78 is 10.7. The summed E-state index contributed by atoms with van der Waals surface area (Å²) in [5.74, 6) is -0.822. The monoisotopic (exact) mass is 411 g/mol. The third-order valence-corrected chi connectivity index (χ3v) is 5.66. The molecule has 0 amide bonds. The molecule has 1 atom stereocenters. The van der Waals surface area contributed by atoms with Crippen molar-refractivity contribution >= 4 is 17.7 Å². The first-order valence-electron chi connectivity index (χ1n) is 9.00. The van der Waals surface area contributed by atoms with E-state index in [1.807, 2.05) is 31.2 Å². The molecule has 2 aromatic heterocycles. The van der Waals surface area contributed by atoms with Crippen molar-refractivity contribution in [1.82, 2.24) is 4.98 Å². The van der Waals surface area contributed by atoms with Crippen molar-refractivity contribution in [3.8, 4) is 5.75 Å². The fourth-order valence-corrected chi connectivity index (χ4v) is 3.83. The third-order valence-electron chi connectivity index (χ3n) is 4.47. The summed E-state index contributed by atoms with van der Waals surface area (Å²) in [5.41, 5.74) is 1.21. The van der Waals surface area contributed by atoms with Gasteiger partial charge in [-0.1, -0.05) is 24.3 Å². The molecule has 0 unspecified atom stereocenters. The molecule has 0 saturated carbocycles. The van der Waals surface area contributed by atoms with Crippen LogP contribution in [-0.4, -0.2) is 23.2 Å². The van der Waals surface area contributed by atoms with Crippen LogP contribution >= 0.6 is 11.8 Å². The molecule has 3 rings (SSSR count). The lowest BCUT2D eigenvalue weighted by molar-refractivity contribution is -0.140. The van der Waals surface area contributed by atoms with Crippen LogP contribution in [0.3, 0.4) is 0 Å². The Morgan fingerprint density at radius 2 is 2.07 bits per heavy atom. The van der Waals surface area contributed by atoms with Gasteiger partial charge in [0.15, 0.2) is 5.76 Å². The van der Waals surface area contributed by atoms with E-state index in [1.165, 1.54) is 24.9 Å². The zero-order chi connectivity index (χ0) is 20.8. The van der Waals surface area contributed by atoms with Gasteiger partial charge >= 0.3 is 5.97 Å². The third kappa shape index (κ3) is 5.06. The Labute approximate surface area is 172 Å². The van der Waals surface area contributed by atoms with E-state index in [-0.39, 0.29) is 12.2 Å². The lowest BCUT2D eigenvalue weighted by Gasteiger charge is -2.17. The summed E-state index contributed by atoms with van der Waals surface area (Å²) >= 11 is 1.53. The van der Waals surface area contributed by atoms with E-state index in [2.05, 4.69) is 4.98 Å². The Balaban J connectivity index is 1.96. The standard InChI is InChI=1S/C22H21NO5S/c1-14-6-3-4-8-19(14)29-13-16-10-18(24)21(26)22(28-16)17(11-20(25)27-2)15-7-5-9-23-12-15/h3-10,12,17,26H,11,13H2,1-2H3/t17-/m1/s1. The quantitative estimate of drug-likeness (QED) is 0.464. The molecule has 0 aliphatic rings. The molecule has 29 heavy (non-hydrogen) atoms. The van der Waals surface area contributed by atoms with E-state index in [0.29, 0.717) is 17.1 Å². The van der Waals surface area contributed by atoms with Crippen LogP contribution in [0.25, 0.3) is 0 Å². The molecule has 7 heteroatoms. The van der Waals surface area contributed by atoms with Gasteiger partial charge in [-0.05, 0) is 30.2 Å². The van der Waals surface area contributed by atoms with Gasteiger partial charge in [0.2, 0.25) is 11.2 Å². The number of pyridine rings is 1. The van der Waals surface area contributed by atoms with E-state index in [1.54, 1.807) is 24.5 Å². The molecule has 1 N–H and O–H groups in total. The van der Waals surface area contributed by atoms with Gasteiger partial charge in [0.25, 0.3) is 0 Å². The highest BCUT2D eigenvalue weighted by atomic mass is 32.2. The van der Waals surface area contributed by atoms with Crippen LogP contribution in [0.15, 0.2) is 69.0 Å². The number of esters is 1. The second-order valence-electron chi connectivity index (χ2n) is 6.46. The molecule has 3 aromatic rings. The van der Waals surface area contributed by atoms with Crippen molar-refractivity contribution in [2.75, 3.05) is 7.11 Å². The Bertz CT molecular complexity index is 1050. The number of hydrogen-bond donors (Lipinski definition) is 1. The summed E-state index contributed by atoms with van der Waals surface area (Å²) in [6, 6.07) is 12.7. The molecule has 0 spiro atoms. The van der Waals surface area contributed by atoms with Crippen molar-refractivity contribution in [2.24, 2.45) is 0 Å². The first-order chi connectivity index (χ1) is 14.0. The van der Waals surface area contributed by atoms with E-state index in [9.17, 15) is 14.7 Å². The van der Waals surface area contributed by atoms with Gasteiger partial charge in [-0.3, -0.25) is 14.6 Å². The maximum absolute atomic E-state index is 12.4. The molecule has 0 radical (unpaired) electrons. The van der Waals surface area contributed by atoms with Crippen LogP contribution in [-0.2, 0) is 15.3 Å². The number of aryl methyl sites for hydroxylation is 1. The molecular formula is C22H21NO5S. The zero-order valence-corrected chi connectivity index (χ0v) is 16.9. The van der Waals surface area contributed by atoms with E-state index >= 15 is 0 Å². The minimum Gasteiger partial charge on any atom is -0.502 e. The van der Waals surface area contributed by atoms with Crippen LogP contribution in [0, 0.1) is 6.92 Å². The molecule has 150 valence electrons. The molecule has 0 saturated heterocycles. The zero-order valence-electron chi connectivity index (χ0n) is 16.1. The van der Waals surface area contributed by atoms with Crippen LogP contribution in [0.1, 0.15) is 35.0 Å². The number of aromatic hydroxyl groups is 1. The van der Waals surface area contributed by atoms with Gasteiger partial charge < -0.3 is 14.3 Å². The number of ether oxygens (including phenoxy) is 1. The highest BCUT2D eigenvalue weighted by Gasteiger charge is 2.26. The van der Waals surface area contributed by atoms with Crippen molar-refractivity contribution in [3.63, 3.8) is 0 Å². The normalized spacial score (nSPS) is 11.8. The SMILES string of the molecule is COC(=O)C[C@H](c1cccnc1)c1oc(CSc2ccccc2C)cc(=O)c1O. The van der Waals surface area contributed by atoms with E-state index < -0.39 is 23.1 Å². The Morgan fingerprint density at radius 1 is 1.28 bits per heavy atom. The molecule has 2 heterocycles. The molecule has 1 aromatic carbocycles. The van der Waals surface area contributed by atoms with Gasteiger partial charge in [-0.25, -0.2) is 0 Å². The van der Waals surface area contributed by atoms with Crippen LogP contribution in [0.5, 0.6) is 5.75 Å². The van der Waals surface area contributed by atoms with Crippen LogP contribution in [0.4, 0.5) is 0 Å². The second-order valence-corrected chi connectivity index (χ2v) is 7.48. The minimum atomic E-state index is -0.688. The first kappa shape index (κ1) is 20.7. The van der Waals surface area contributed by atoms with Crippen LogP contribution < -0.4 is 5.43 Å². The molecule has 6 nitrogen and oxygen atoms in total. The van der Waals surface area contributed by atoms with Gasteiger partial charge in [0.05, 0.1) is 25.2 Å². The van der Waals surface area contributed by atoms with Gasteiger partial charge in [-0.15, -0.1) is 11.8 Å². The number of carbonyl (C=O) groups excluding carboxylic acids is 1. The number of aromatic nitrogens is 1. The van der Waals surface area contributed by atoms with Gasteiger partial charge in [-0.2, -0.15) is 0 Å². The average Bonchev–Trinajstić information content (AvgIpc) is 2.74. The lowest BCUT2D eigenvalue weighted by Crippen LogP contribution is -2.14. The smallest absolute Gasteiger partial charge is 0.306 e. The largest absolute Gasteiger partial charge is 0.502 e. The molecule has 0 fully saturated rings. The van der Waals surface area contributed by atoms with Gasteiger partial charge in [0.1, 0.15) is 5.76 Å².